The zero-order valence-corrected chi connectivity index (χ0v) is 18.8. The van der Waals surface area contributed by atoms with Gasteiger partial charge in [-0.3, -0.25) is 4.79 Å². The molecule has 3 N–H and O–H groups in total. The molecule has 0 unspecified atom stereocenters. The molecule has 3 aromatic rings. The van der Waals surface area contributed by atoms with Crippen molar-refractivity contribution in [2.24, 2.45) is 0 Å². The van der Waals surface area contributed by atoms with Gasteiger partial charge in [-0.1, -0.05) is 60.7 Å². The van der Waals surface area contributed by atoms with Crippen molar-refractivity contribution >= 4 is 23.7 Å². The summed E-state index contributed by atoms with van der Waals surface area (Å²) < 4.78 is 5.47. The summed E-state index contributed by atoms with van der Waals surface area (Å²) >= 11 is 0. The molecule has 0 radical (unpaired) electrons. The molecule has 4 rings (SSSR count). The first kappa shape index (κ1) is 23.0. The first-order valence-corrected chi connectivity index (χ1v) is 11.1. The Hall–Kier alpha value is -4.13. The number of carboxylic acid groups (broad SMARTS) is 1. The van der Waals surface area contributed by atoms with Gasteiger partial charge in [0.25, 0.3) is 0 Å². The summed E-state index contributed by atoms with van der Waals surface area (Å²) in [6.45, 7) is 1.55. The van der Waals surface area contributed by atoms with Crippen LogP contribution in [0.2, 0.25) is 0 Å². The van der Waals surface area contributed by atoms with Gasteiger partial charge in [-0.15, -0.1) is 0 Å². The normalized spacial score (nSPS) is 12.9. The minimum absolute atomic E-state index is 0.0939. The Morgan fingerprint density at radius 2 is 1.50 bits per heavy atom. The van der Waals surface area contributed by atoms with Gasteiger partial charge in [-0.2, -0.15) is 0 Å². The molecule has 0 aromatic heterocycles. The zero-order valence-electron chi connectivity index (χ0n) is 18.8. The molecule has 1 aliphatic carbocycles. The molecular formula is C27H26N2O5. The number of rotatable bonds is 8. The van der Waals surface area contributed by atoms with E-state index in [0.717, 1.165) is 27.8 Å². The van der Waals surface area contributed by atoms with E-state index in [1.54, 1.807) is 12.1 Å². The number of aryl methyl sites for hydroxylation is 1. The molecule has 0 saturated heterocycles. The Morgan fingerprint density at radius 3 is 2.06 bits per heavy atom. The maximum Gasteiger partial charge on any atom is 0.407 e. The number of carboxylic acids is 1. The quantitative estimate of drug-likeness (QED) is 0.459. The summed E-state index contributed by atoms with van der Waals surface area (Å²) in [7, 11) is 0. The highest BCUT2D eigenvalue weighted by Gasteiger charge is 2.29. The summed E-state index contributed by atoms with van der Waals surface area (Å²) in [6.07, 6.45) is -0.102. The van der Waals surface area contributed by atoms with Crippen molar-refractivity contribution in [1.82, 2.24) is 5.32 Å². The Labute approximate surface area is 197 Å². The molecule has 0 spiro atoms. The number of benzene rings is 3. The van der Waals surface area contributed by atoms with Crippen LogP contribution in [0.5, 0.6) is 0 Å². The van der Waals surface area contributed by atoms with Gasteiger partial charge in [0, 0.05) is 18.5 Å². The van der Waals surface area contributed by atoms with Crippen LogP contribution in [-0.2, 0) is 20.7 Å². The topological polar surface area (TPSA) is 105 Å². The third kappa shape index (κ3) is 5.26. The molecule has 2 amide bonds. The number of hydrogen-bond donors (Lipinski definition) is 3. The number of hydrogen-bond acceptors (Lipinski definition) is 4. The number of amides is 2. The van der Waals surface area contributed by atoms with Crippen molar-refractivity contribution in [3.8, 4) is 11.1 Å². The summed E-state index contributed by atoms with van der Waals surface area (Å²) in [5, 5.41) is 14.7. The van der Waals surface area contributed by atoms with Crippen LogP contribution in [0.4, 0.5) is 10.5 Å². The molecule has 34 heavy (non-hydrogen) atoms. The molecule has 3 aromatic carbocycles. The Balaban J connectivity index is 1.34. The molecule has 0 saturated carbocycles. The second-order valence-electron chi connectivity index (χ2n) is 8.28. The number of anilines is 1. The van der Waals surface area contributed by atoms with Crippen molar-refractivity contribution in [3.05, 3.63) is 89.5 Å². The van der Waals surface area contributed by atoms with Crippen molar-refractivity contribution in [3.63, 3.8) is 0 Å². The minimum atomic E-state index is -1.12. The number of alkyl carbamates (subject to hydrolysis) is 1. The van der Waals surface area contributed by atoms with E-state index in [4.69, 9.17) is 4.74 Å². The van der Waals surface area contributed by atoms with Crippen LogP contribution < -0.4 is 10.6 Å². The predicted octanol–water partition coefficient (Wildman–Crippen LogP) is 4.57. The van der Waals surface area contributed by atoms with Crippen LogP contribution >= 0.6 is 0 Å². The van der Waals surface area contributed by atoms with Crippen molar-refractivity contribution in [2.75, 3.05) is 11.9 Å². The van der Waals surface area contributed by atoms with E-state index in [1.807, 2.05) is 48.5 Å². The van der Waals surface area contributed by atoms with Crippen LogP contribution in [-0.4, -0.2) is 35.7 Å². The standard InChI is InChI=1S/C27H26N2O5/c1-17(30)28-19-13-10-18(11-14-19)12-15-25(26(31)32)29-27(33)34-16-24-22-8-4-2-6-20(22)21-7-3-5-9-23(21)24/h2-11,13-14,24-25H,12,15-16H2,1H3,(H,28,30)(H,29,33)(H,31,32)/t25-/m1/s1. The lowest BCUT2D eigenvalue weighted by Gasteiger charge is -2.17. The lowest BCUT2D eigenvalue weighted by Crippen LogP contribution is -2.41. The monoisotopic (exact) mass is 458 g/mol. The van der Waals surface area contributed by atoms with Gasteiger partial charge < -0.3 is 20.5 Å². The van der Waals surface area contributed by atoms with Crippen molar-refractivity contribution < 1.29 is 24.2 Å². The summed E-state index contributed by atoms with van der Waals surface area (Å²) in [6, 6.07) is 22.1. The van der Waals surface area contributed by atoms with Gasteiger partial charge in [0.1, 0.15) is 12.6 Å². The summed E-state index contributed by atoms with van der Waals surface area (Å²) in [5.74, 6) is -1.38. The largest absolute Gasteiger partial charge is 0.480 e. The maximum atomic E-state index is 12.5. The molecule has 174 valence electrons. The predicted molar refractivity (Wildman–Crippen MR) is 129 cm³/mol. The average molecular weight is 459 g/mol. The van der Waals surface area contributed by atoms with Crippen LogP contribution in [0.1, 0.15) is 36.0 Å². The fourth-order valence-electron chi connectivity index (χ4n) is 4.31. The number of aliphatic carboxylic acids is 1. The third-order valence-corrected chi connectivity index (χ3v) is 5.93. The average Bonchev–Trinajstić information content (AvgIpc) is 3.14. The van der Waals surface area contributed by atoms with E-state index in [-0.39, 0.29) is 24.9 Å². The summed E-state index contributed by atoms with van der Waals surface area (Å²) in [4.78, 5) is 35.3. The second-order valence-corrected chi connectivity index (χ2v) is 8.28. The molecule has 1 atom stereocenters. The Kier molecular flexibility index (Phi) is 6.92. The van der Waals surface area contributed by atoms with Gasteiger partial charge in [0.05, 0.1) is 0 Å². The smallest absolute Gasteiger partial charge is 0.407 e. The van der Waals surface area contributed by atoms with Crippen LogP contribution in [0, 0.1) is 0 Å². The lowest BCUT2D eigenvalue weighted by molar-refractivity contribution is -0.139. The number of carbonyl (C=O) groups excluding carboxylic acids is 2. The highest BCUT2D eigenvalue weighted by molar-refractivity contribution is 5.88. The van der Waals surface area contributed by atoms with Gasteiger partial charge >= 0.3 is 12.1 Å². The molecule has 0 fully saturated rings. The van der Waals surface area contributed by atoms with E-state index in [2.05, 4.69) is 22.8 Å². The van der Waals surface area contributed by atoms with Crippen LogP contribution in [0.3, 0.4) is 0 Å². The van der Waals surface area contributed by atoms with E-state index < -0.39 is 18.1 Å². The number of fused-ring (bicyclic) bond motifs is 3. The Bertz CT molecular complexity index is 1160. The zero-order chi connectivity index (χ0) is 24.1. The molecular weight excluding hydrogens is 432 g/mol. The SMILES string of the molecule is CC(=O)Nc1ccc(CC[C@@H](NC(=O)OCC2c3ccccc3-c3ccccc32)C(=O)O)cc1. The minimum Gasteiger partial charge on any atom is -0.480 e. The van der Waals surface area contributed by atoms with Crippen molar-refractivity contribution in [2.45, 2.75) is 31.7 Å². The number of carbonyl (C=O) groups is 3. The van der Waals surface area contributed by atoms with Crippen LogP contribution in [0.25, 0.3) is 11.1 Å². The first-order chi connectivity index (χ1) is 16.4. The molecule has 7 nitrogen and oxygen atoms in total. The highest BCUT2D eigenvalue weighted by atomic mass is 16.5. The van der Waals surface area contributed by atoms with Crippen LogP contribution in [0.15, 0.2) is 72.8 Å². The second kappa shape index (κ2) is 10.2. The van der Waals surface area contributed by atoms with E-state index in [9.17, 15) is 19.5 Å². The molecule has 0 heterocycles. The molecule has 7 heteroatoms. The molecule has 0 bridgehead atoms. The lowest BCUT2D eigenvalue weighted by atomic mass is 9.98. The molecule has 1 aliphatic rings. The fourth-order valence-corrected chi connectivity index (χ4v) is 4.31. The molecule has 0 aliphatic heterocycles. The maximum absolute atomic E-state index is 12.5. The summed E-state index contributed by atoms with van der Waals surface area (Å²) in [5.41, 5.74) is 6.00. The van der Waals surface area contributed by atoms with E-state index in [0.29, 0.717) is 12.1 Å². The highest BCUT2D eigenvalue weighted by Crippen LogP contribution is 2.44. The fraction of sp³-hybridized carbons (Fsp3) is 0.222. The van der Waals surface area contributed by atoms with Crippen molar-refractivity contribution in [1.29, 1.82) is 0 Å². The van der Waals surface area contributed by atoms with Gasteiger partial charge in [-0.25, -0.2) is 9.59 Å². The first-order valence-electron chi connectivity index (χ1n) is 11.1. The van der Waals surface area contributed by atoms with Gasteiger partial charge in [-0.05, 0) is 52.8 Å². The van der Waals surface area contributed by atoms with E-state index >= 15 is 0 Å². The number of ether oxygens (including phenoxy) is 1. The number of nitrogens with one attached hydrogen (secondary N) is 2. The van der Waals surface area contributed by atoms with E-state index in [1.165, 1.54) is 6.92 Å². The van der Waals surface area contributed by atoms with Gasteiger partial charge in [0.2, 0.25) is 5.91 Å². The Morgan fingerprint density at radius 1 is 0.912 bits per heavy atom. The third-order valence-electron chi connectivity index (χ3n) is 5.93. The van der Waals surface area contributed by atoms with Gasteiger partial charge in [0.15, 0.2) is 0 Å².